The van der Waals surface area contributed by atoms with Crippen LogP contribution in [-0.2, 0) is 14.4 Å². The van der Waals surface area contributed by atoms with Gasteiger partial charge in [0.05, 0.1) is 6.21 Å². The third kappa shape index (κ3) is 8.57. The van der Waals surface area contributed by atoms with E-state index in [0.29, 0.717) is 28.6 Å². The summed E-state index contributed by atoms with van der Waals surface area (Å²) in [7, 11) is 0. The lowest BCUT2D eigenvalue weighted by molar-refractivity contribution is -0.129. The highest BCUT2D eigenvalue weighted by Gasteiger charge is 2.07. The summed E-state index contributed by atoms with van der Waals surface area (Å²) in [6.45, 7) is 3.60. The van der Waals surface area contributed by atoms with Crippen LogP contribution in [0.15, 0.2) is 66.3 Å². The largest absolute Gasteiger partial charge is 0.484 e. The molecule has 0 aliphatic heterocycles. The number of carbonyl (C=O) groups is 3. The van der Waals surface area contributed by atoms with Crippen molar-refractivity contribution in [3.05, 3.63) is 71.8 Å². The zero-order valence-electron chi connectivity index (χ0n) is 16.1. The van der Waals surface area contributed by atoms with Gasteiger partial charge in [-0.05, 0) is 48.0 Å². The molecule has 2 aromatic rings. The van der Waals surface area contributed by atoms with E-state index in [1.54, 1.807) is 48.5 Å². The number of amides is 3. The second kappa shape index (κ2) is 12.0. The molecular formula is C21H21ClN4O4. The Kier molecular flexibility index (Phi) is 9.08. The van der Waals surface area contributed by atoms with Crippen molar-refractivity contribution in [2.45, 2.75) is 6.42 Å². The van der Waals surface area contributed by atoms with E-state index in [9.17, 15) is 14.4 Å². The van der Waals surface area contributed by atoms with Crippen LogP contribution in [0, 0.1) is 0 Å². The van der Waals surface area contributed by atoms with Crippen molar-refractivity contribution in [2.75, 3.05) is 18.5 Å². The van der Waals surface area contributed by atoms with E-state index in [1.165, 1.54) is 12.3 Å². The van der Waals surface area contributed by atoms with Gasteiger partial charge in [-0.15, -0.1) is 6.58 Å². The molecule has 0 radical (unpaired) electrons. The number of rotatable bonds is 10. The molecule has 3 N–H and O–H groups in total. The van der Waals surface area contributed by atoms with Crippen LogP contribution in [0.5, 0.6) is 5.75 Å². The molecule has 8 nitrogen and oxygen atoms in total. The number of halogens is 1. The zero-order chi connectivity index (χ0) is 21.8. The number of hydrogen-bond donors (Lipinski definition) is 3. The van der Waals surface area contributed by atoms with Gasteiger partial charge in [0.15, 0.2) is 6.61 Å². The van der Waals surface area contributed by atoms with Gasteiger partial charge in [0.2, 0.25) is 11.8 Å². The van der Waals surface area contributed by atoms with Crippen LogP contribution < -0.4 is 20.8 Å². The molecule has 0 aromatic heterocycles. The number of carbonyl (C=O) groups excluding carboxylic acids is 3. The molecule has 156 valence electrons. The first-order chi connectivity index (χ1) is 14.5. The maximum atomic E-state index is 11.9. The second-order valence-corrected chi connectivity index (χ2v) is 6.42. The van der Waals surface area contributed by atoms with Crippen LogP contribution in [0.4, 0.5) is 5.69 Å². The minimum atomic E-state index is -0.529. The van der Waals surface area contributed by atoms with E-state index >= 15 is 0 Å². The molecular weight excluding hydrogens is 408 g/mol. The lowest BCUT2D eigenvalue weighted by Gasteiger charge is -2.08. The van der Waals surface area contributed by atoms with E-state index in [2.05, 4.69) is 27.7 Å². The second-order valence-electron chi connectivity index (χ2n) is 5.98. The monoisotopic (exact) mass is 428 g/mol. The maximum absolute atomic E-state index is 11.9. The minimum absolute atomic E-state index is 0.163. The third-order valence-electron chi connectivity index (χ3n) is 3.53. The number of nitrogens with one attached hydrogen (secondary N) is 3. The summed E-state index contributed by atoms with van der Waals surface area (Å²) in [6.07, 6.45) is 2.62. The number of nitrogens with zero attached hydrogens (tertiary/aromatic N) is 1. The van der Waals surface area contributed by atoms with E-state index in [0.717, 1.165) is 0 Å². The van der Waals surface area contributed by atoms with Crippen LogP contribution in [0.2, 0.25) is 5.02 Å². The van der Waals surface area contributed by atoms with Crippen molar-refractivity contribution in [1.29, 1.82) is 0 Å². The molecule has 0 spiro atoms. The fourth-order valence-electron chi connectivity index (χ4n) is 2.17. The van der Waals surface area contributed by atoms with Gasteiger partial charge in [-0.2, -0.15) is 5.10 Å². The molecule has 3 amide bonds. The Balaban J connectivity index is 1.74. The Labute approximate surface area is 178 Å². The molecule has 0 saturated heterocycles. The molecule has 0 atom stereocenters. The molecule has 2 aromatic carbocycles. The molecule has 0 aliphatic rings. The molecule has 2 rings (SSSR count). The van der Waals surface area contributed by atoms with Crippen LogP contribution >= 0.6 is 11.6 Å². The maximum Gasteiger partial charge on any atom is 0.262 e. The van der Waals surface area contributed by atoms with Crippen LogP contribution in [0.3, 0.4) is 0 Å². The van der Waals surface area contributed by atoms with Gasteiger partial charge >= 0.3 is 0 Å². The smallest absolute Gasteiger partial charge is 0.262 e. The number of benzene rings is 2. The standard InChI is InChI=1S/C21H21ClN4O4/c1-2-10-23-19(27)12-20(28)26-24-13-15-6-8-18(9-7-15)30-14-21(29)25-17-5-3-4-16(22)11-17/h2-9,11,13H,1,10,12,14H2,(H,23,27)(H,25,29)(H,26,28)/b24-13+. The van der Waals surface area contributed by atoms with Gasteiger partial charge in [0, 0.05) is 17.3 Å². The quantitative estimate of drug-likeness (QED) is 0.234. The normalized spacial score (nSPS) is 10.3. The lowest BCUT2D eigenvalue weighted by Crippen LogP contribution is -2.29. The summed E-state index contributed by atoms with van der Waals surface area (Å²) in [6, 6.07) is 13.6. The highest BCUT2D eigenvalue weighted by atomic mass is 35.5. The summed E-state index contributed by atoms with van der Waals surface area (Å²) in [5.41, 5.74) is 3.55. The summed E-state index contributed by atoms with van der Waals surface area (Å²) in [4.78, 5) is 34.9. The van der Waals surface area contributed by atoms with Crippen molar-refractivity contribution >= 4 is 41.2 Å². The van der Waals surface area contributed by atoms with E-state index in [1.807, 2.05) is 0 Å². The third-order valence-corrected chi connectivity index (χ3v) is 3.76. The van der Waals surface area contributed by atoms with Gasteiger partial charge < -0.3 is 15.4 Å². The number of hydrazone groups is 1. The first-order valence-corrected chi connectivity index (χ1v) is 9.32. The Morgan fingerprint density at radius 3 is 2.53 bits per heavy atom. The Hall–Kier alpha value is -3.65. The Morgan fingerprint density at radius 2 is 1.83 bits per heavy atom. The average molecular weight is 429 g/mol. The van der Waals surface area contributed by atoms with Crippen LogP contribution in [-0.4, -0.2) is 37.1 Å². The molecule has 0 saturated carbocycles. The highest BCUT2D eigenvalue weighted by molar-refractivity contribution is 6.30. The topological polar surface area (TPSA) is 109 Å². The van der Waals surface area contributed by atoms with Crippen molar-refractivity contribution < 1.29 is 19.1 Å². The molecule has 0 fully saturated rings. The summed E-state index contributed by atoms with van der Waals surface area (Å²) >= 11 is 5.87. The fourth-order valence-corrected chi connectivity index (χ4v) is 2.37. The highest BCUT2D eigenvalue weighted by Crippen LogP contribution is 2.15. The molecule has 0 heterocycles. The first kappa shape index (κ1) is 22.6. The Morgan fingerprint density at radius 1 is 1.07 bits per heavy atom. The minimum Gasteiger partial charge on any atom is -0.484 e. The number of anilines is 1. The lowest BCUT2D eigenvalue weighted by atomic mass is 10.2. The Bertz CT molecular complexity index is 929. The summed E-state index contributed by atoms with van der Waals surface area (Å²) in [5.74, 6) is -0.763. The van der Waals surface area contributed by atoms with Crippen LogP contribution in [0.1, 0.15) is 12.0 Å². The molecule has 0 bridgehead atoms. The molecule has 30 heavy (non-hydrogen) atoms. The van der Waals surface area contributed by atoms with Crippen molar-refractivity contribution in [3.63, 3.8) is 0 Å². The molecule has 0 aliphatic carbocycles. The summed E-state index contributed by atoms with van der Waals surface area (Å²) in [5, 5.41) is 9.50. The first-order valence-electron chi connectivity index (χ1n) is 8.94. The molecule has 9 heteroatoms. The van der Waals surface area contributed by atoms with Crippen molar-refractivity contribution in [1.82, 2.24) is 10.7 Å². The summed E-state index contributed by atoms with van der Waals surface area (Å²) < 4.78 is 5.43. The predicted octanol–water partition coefficient (Wildman–Crippen LogP) is 2.50. The zero-order valence-corrected chi connectivity index (χ0v) is 16.8. The number of hydrogen-bond acceptors (Lipinski definition) is 5. The van der Waals surface area contributed by atoms with E-state index < -0.39 is 11.8 Å². The fraction of sp³-hybridized carbons (Fsp3) is 0.143. The van der Waals surface area contributed by atoms with Gasteiger partial charge in [0.25, 0.3) is 5.91 Å². The van der Waals surface area contributed by atoms with Gasteiger partial charge in [-0.1, -0.05) is 23.7 Å². The number of ether oxygens (including phenoxy) is 1. The van der Waals surface area contributed by atoms with Crippen LogP contribution in [0.25, 0.3) is 0 Å². The average Bonchev–Trinajstić information content (AvgIpc) is 2.71. The SMILES string of the molecule is C=CCNC(=O)CC(=O)N/N=C/c1ccc(OCC(=O)Nc2cccc(Cl)c2)cc1. The predicted molar refractivity (Wildman–Crippen MR) is 116 cm³/mol. The van der Waals surface area contributed by atoms with Crippen molar-refractivity contribution in [2.24, 2.45) is 5.10 Å². The van der Waals surface area contributed by atoms with Gasteiger partial charge in [0.1, 0.15) is 12.2 Å². The van der Waals surface area contributed by atoms with Crippen molar-refractivity contribution in [3.8, 4) is 5.75 Å². The van der Waals surface area contributed by atoms with E-state index in [4.69, 9.17) is 16.3 Å². The molecule has 0 unspecified atom stereocenters. The van der Waals surface area contributed by atoms with E-state index in [-0.39, 0.29) is 18.9 Å². The van der Waals surface area contributed by atoms with Gasteiger partial charge in [-0.25, -0.2) is 5.43 Å². The van der Waals surface area contributed by atoms with Gasteiger partial charge in [-0.3, -0.25) is 14.4 Å².